The minimum atomic E-state index is 0.594. The van der Waals surface area contributed by atoms with Crippen LogP contribution < -0.4 is 0 Å². The Morgan fingerprint density at radius 1 is 0.379 bits per heavy atom. The molecule has 0 unspecified atom stereocenters. The van der Waals surface area contributed by atoms with Gasteiger partial charge in [0.15, 0.2) is 0 Å². The predicted octanol–water partition coefficient (Wildman–Crippen LogP) is 11.9. The van der Waals surface area contributed by atoms with E-state index in [0.717, 1.165) is 58.5 Å². The molecule has 13 rings (SSSR count). The van der Waals surface area contributed by atoms with Gasteiger partial charge in [-0.05, 0) is 110 Å². The van der Waals surface area contributed by atoms with E-state index in [4.69, 9.17) is 15.0 Å². The number of hydrogen-bond acceptors (Lipinski definition) is 3. The highest BCUT2D eigenvalue weighted by Gasteiger charge is 2.25. The van der Waals surface area contributed by atoms with Gasteiger partial charge in [0.2, 0.25) is 11.9 Å². The standard InChI is InChI=1S/C51H35N7/c1-3-15-32(16-4-1)55-42-23-11-7-19-34(42)38-29-48-40(27-46(38)55)36-21-9-13-25-44(36)57(48)50-52-31-53-51(54-50)58-45-26-14-10-22-37(45)41-28-47-39(30-49(41)58)35-20-8-12-24-43(35)56(47)33-17-5-2-6-18-33/h1-6,9-18,21-31H,7-8,19-20H2. The molecule has 7 heteroatoms. The lowest BCUT2D eigenvalue weighted by Gasteiger charge is -2.11. The van der Waals surface area contributed by atoms with Gasteiger partial charge in [-0.3, -0.25) is 9.13 Å². The fourth-order valence-corrected chi connectivity index (χ4v) is 10.0. The highest BCUT2D eigenvalue weighted by molar-refractivity contribution is 6.15. The predicted molar refractivity (Wildman–Crippen MR) is 237 cm³/mol. The average Bonchev–Trinajstić information content (AvgIpc) is 4.00. The van der Waals surface area contributed by atoms with Crippen molar-refractivity contribution < 1.29 is 0 Å². The van der Waals surface area contributed by atoms with E-state index in [1.165, 1.54) is 66.5 Å². The number of fused-ring (bicyclic) bond motifs is 12. The molecule has 0 spiro atoms. The number of benzene rings is 6. The van der Waals surface area contributed by atoms with Crippen LogP contribution in [0.4, 0.5) is 0 Å². The summed E-state index contributed by atoms with van der Waals surface area (Å²) in [6.45, 7) is 0. The first kappa shape index (κ1) is 31.7. The summed E-state index contributed by atoms with van der Waals surface area (Å²) >= 11 is 0. The second-order valence-electron chi connectivity index (χ2n) is 15.5. The van der Waals surface area contributed by atoms with E-state index in [-0.39, 0.29) is 0 Å². The van der Waals surface area contributed by atoms with Crippen LogP contribution >= 0.6 is 0 Å². The molecule has 0 fully saturated rings. The van der Waals surface area contributed by atoms with Crippen molar-refractivity contribution in [2.24, 2.45) is 0 Å². The van der Waals surface area contributed by atoms with Gasteiger partial charge in [-0.1, -0.05) is 84.9 Å². The van der Waals surface area contributed by atoms with Gasteiger partial charge in [-0.15, -0.1) is 0 Å². The lowest BCUT2D eigenvalue weighted by molar-refractivity contribution is 0.886. The Morgan fingerprint density at radius 3 is 1.28 bits per heavy atom. The van der Waals surface area contributed by atoms with Gasteiger partial charge in [0.1, 0.15) is 6.33 Å². The molecule has 11 aromatic rings. The summed E-state index contributed by atoms with van der Waals surface area (Å²) in [4.78, 5) is 15.2. The van der Waals surface area contributed by atoms with Crippen molar-refractivity contribution in [3.05, 3.63) is 174 Å². The third-order valence-electron chi connectivity index (χ3n) is 12.5. The van der Waals surface area contributed by atoms with Crippen molar-refractivity contribution in [2.45, 2.75) is 25.7 Å². The molecular weight excluding hydrogens is 711 g/mol. The molecule has 274 valence electrons. The zero-order valence-electron chi connectivity index (χ0n) is 31.5. The van der Waals surface area contributed by atoms with Crippen LogP contribution in [0.1, 0.15) is 35.4 Å². The fraction of sp³-hybridized carbons (Fsp3) is 0.0784. The molecular formula is C51H35N7. The normalized spacial score (nSPS) is 13.8. The number of aryl methyl sites for hydroxylation is 2. The molecule has 58 heavy (non-hydrogen) atoms. The Labute approximate surface area is 333 Å². The van der Waals surface area contributed by atoms with Crippen LogP contribution in [-0.4, -0.2) is 33.2 Å². The molecule has 0 saturated heterocycles. The summed E-state index contributed by atoms with van der Waals surface area (Å²) in [5, 5.41) is 7.19. The minimum absolute atomic E-state index is 0.594. The van der Waals surface area contributed by atoms with Crippen molar-refractivity contribution in [2.75, 3.05) is 0 Å². The zero-order valence-corrected chi connectivity index (χ0v) is 31.5. The van der Waals surface area contributed by atoms with Crippen LogP contribution in [0.25, 0.3) is 101 Å². The fourth-order valence-electron chi connectivity index (χ4n) is 10.0. The van der Waals surface area contributed by atoms with Crippen molar-refractivity contribution in [1.82, 2.24) is 33.2 Å². The third kappa shape index (κ3) is 4.35. The molecule has 5 heterocycles. The number of allylic oxidation sites excluding steroid dienone is 2. The van der Waals surface area contributed by atoms with Crippen molar-refractivity contribution in [1.29, 1.82) is 0 Å². The quantitative estimate of drug-likeness (QED) is 0.180. The first-order valence-corrected chi connectivity index (χ1v) is 20.1. The smallest absolute Gasteiger partial charge is 0.239 e. The highest BCUT2D eigenvalue weighted by atomic mass is 15.3. The molecule has 0 N–H and O–H groups in total. The molecule has 0 aliphatic heterocycles. The first-order valence-electron chi connectivity index (χ1n) is 20.1. The van der Waals surface area contributed by atoms with Crippen LogP contribution in [-0.2, 0) is 12.8 Å². The van der Waals surface area contributed by atoms with Crippen molar-refractivity contribution >= 4 is 77.6 Å². The molecule has 0 atom stereocenters. The van der Waals surface area contributed by atoms with Crippen LogP contribution in [0.2, 0.25) is 0 Å². The molecule has 2 aliphatic carbocycles. The number of rotatable bonds is 4. The summed E-state index contributed by atoms with van der Waals surface area (Å²) in [5.74, 6) is 1.19. The third-order valence-corrected chi connectivity index (χ3v) is 12.5. The van der Waals surface area contributed by atoms with E-state index in [9.17, 15) is 0 Å². The van der Waals surface area contributed by atoms with E-state index < -0.39 is 0 Å². The summed E-state index contributed by atoms with van der Waals surface area (Å²) in [7, 11) is 0. The Bertz CT molecular complexity index is 3320. The van der Waals surface area contributed by atoms with Gasteiger partial charge < -0.3 is 9.13 Å². The summed E-state index contributed by atoms with van der Waals surface area (Å²) in [6.07, 6.45) is 14.9. The second-order valence-corrected chi connectivity index (χ2v) is 15.5. The number of nitrogens with zero attached hydrogens (tertiary/aromatic N) is 7. The molecule has 0 amide bonds. The Hall–Kier alpha value is -7.51. The van der Waals surface area contributed by atoms with E-state index in [2.05, 4.69) is 176 Å². The summed E-state index contributed by atoms with van der Waals surface area (Å²) in [6, 6.07) is 48.2. The van der Waals surface area contributed by atoms with Gasteiger partial charge in [0, 0.05) is 55.1 Å². The van der Waals surface area contributed by atoms with Gasteiger partial charge in [-0.2, -0.15) is 4.98 Å². The summed E-state index contributed by atoms with van der Waals surface area (Å²) < 4.78 is 9.31. The first-order chi connectivity index (χ1) is 28.8. The zero-order chi connectivity index (χ0) is 37.9. The molecule has 0 radical (unpaired) electrons. The lowest BCUT2D eigenvalue weighted by Crippen LogP contribution is -2.07. The number of hydrogen-bond donors (Lipinski definition) is 0. The highest BCUT2D eigenvalue weighted by Crippen LogP contribution is 2.42. The SMILES string of the molecule is C1=Cc2c(c3cc4c(cc3n2-c2ccccc2)c2ccccc2n4-c2ncnc(-n3c4ccccc4c4cc5c(cc43)c3c(n5-c4ccccc4)C=CCC3)n2)CC1. The molecule has 5 aromatic heterocycles. The van der Waals surface area contributed by atoms with Crippen LogP contribution in [0.3, 0.4) is 0 Å². The minimum Gasteiger partial charge on any atom is -0.310 e. The monoisotopic (exact) mass is 745 g/mol. The maximum atomic E-state index is 5.37. The summed E-state index contributed by atoms with van der Waals surface area (Å²) in [5.41, 5.74) is 14.3. The van der Waals surface area contributed by atoms with E-state index in [0.29, 0.717) is 11.9 Å². The Balaban J connectivity index is 1.07. The lowest BCUT2D eigenvalue weighted by atomic mass is 10.00. The average molecular weight is 746 g/mol. The maximum Gasteiger partial charge on any atom is 0.239 e. The second kappa shape index (κ2) is 12.0. The molecule has 0 bridgehead atoms. The topological polar surface area (TPSA) is 58.4 Å². The Kier molecular flexibility index (Phi) is 6.55. The molecule has 7 nitrogen and oxygen atoms in total. The van der Waals surface area contributed by atoms with E-state index >= 15 is 0 Å². The Morgan fingerprint density at radius 2 is 0.793 bits per heavy atom. The van der Waals surface area contributed by atoms with Gasteiger partial charge in [0.05, 0.1) is 33.1 Å². The van der Waals surface area contributed by atoms with Crippen LogP contribution in [0, 0.1) is 0 Å². The van der Waals surface area contributed by atoms with Crippen LogP contribution in [0.5, 0.6) is 0 Å². The molecule has 2 aliphatic rings. The van der Waals surface area contributed by atoms with Crippen molar-refractivity contribution in [3.63, 3.8) is 0 Å². The van der Waals surface area contributed by atoms with Gasteiger partial charge in [0.25, 0.3) is 0 Å². The van der Waals surface area contributed by atoms with Gasteiger partial charge in [-0.25, -0.2) is 9.97 Å². The molecule has 0 saturated carbocycles. The van der Waals surface area contributed by atoms with E-state index in [1.807, 2.05) is 0 Å². The maximum absolute atomic E-state index is 5.37. The van der Waals surface area contributed by atoms with Crippen molar-refractivity contribution in [3.8, 4) is 23.3 Å². The van der Waals surface area contributed by atoms with Crippen LogP contribution in [0.15, 0.2) is 152 Å². The molecule has 6 aromatic carbocycles. The number of para-hydroxylation sites is 4. The van der Waals surface area contributed by atoms with Gasteiger partial charge >= 0.3 is 0 Å². The number of aromatic nitrogens is 7. The largest absolute Gasteiger partial charge is 0.310 e. The van der Waals surface area contributed by atoms with E-state index in [1.54, 1.807) is 6.33 Å².